The number of hydrogen-bond donors (Lipinski definition) is 1. The lowest BCUT2D eigenvalue weighted by Gasteiger charge is -2.12. The van der Waals surface area contributed by atoms with Crippen LogP contribution in [0, 0.1) is 12.7 Å². The highest BCUT2D eigenvalue weighted by Crippen LogP contribution is 2.34. The summed E-state index contributed by atoms with van der Waals surface area (Å²) in [6.07, 6.45) is 2.05. The van der Waals surface area contributed by atoms with Crippen LogP contribution in [0.2, 0.25) is 0 Å². The third-order valence-corrected chi connectivity index (χ3v) is 2.85. The molecular formula is C12H14FNO. The van der Waals surface area contributed by atoms with Gasteiger partial charge in [0, 0.05) is 11.1 Å². The van der Waals surface area contributed by atoms with Crippen molar-refractivity contribution in [2.75, 3.05) is 0 Å². The summed E-state index contributed by atoms with van der Waals surface area (Å²) >= 11 is 0. The maximum atomic E-state index is 12.8. The lowest BCUT2D eigenvalue weighted by atomic mass is 10.1. The Hall–Kier alpha value is -1.38. The monoisotopic (exact) mass is 207 g/mol. The Morgan fingerprint density at radius 3 is 2.67 bits per heavy atom. The van der Waals surface area contributed by atoms with Gasteiger partial charge in [0.25, 0.3) is 5.91 Å². The molecule has 0 aromatic heterocycles. The molecule has 1 aromatic rings. The molecule has 0 unspecified atom stereocenters. The van der Waals surface area contributed by atoms with Crippen molar-refractivity contribution < 1.29 is 9.18 Å². The number of halogens is 1. The van der Waals surface area contributed by atoms with Crippen LogP contribution in [0.25, 0.3) is 0 Å². The molecule has 0 aliphatic heterocycles. The van der Waals surface area contributed by atoms with E-state index in [1.54, 1.807) is 6.92 Å². The molecule has 80 valence electrons. The quantitative estimate of drug-likeness (QED) is 0.792. The van der Waals surface area contributed by atoms with Gasteiger partial charge in [-0.2, -0.15) is 0 Å². The van der Waals surface area contributed by atoms with Crippen LogP contribution in [0.5, 0.6) is 0 Å². The minimum absolute atomic E-state index is 0.0299. The Morgan fingerprint density at radius 2 is 2.13 bits per heavy atom. The third-order valence-electron chi connectivity index (χ3n) is 2.85. The van der Waals surface area contributed by atoms with E-state index in [4.69, 9.17) is 0 Å². The van der Waals surface area contributed by atoms with Crippen molar-refractivity contribution in [2.24, 2.45) is 0 Å². The predicted octanol–water partition coefficient (Wildman–Crippen LogP) is 2.42. The van der Waals surface area contributed by atoms with Gasteiger partial charge in [-0.15, -0.1) is 0 Å². The summed E-state index contributed by atoms with van der Waals surface area (Å²) in [4.78, 5) is 11.8. The Bertz CT molecular complexity index is 410. The summed E-state index contributed by atoms with van der Waals surface area (Å²) in [5, 5.41) is 2.95. The van der Waals surface area contributed by atoms with Gasteiger partial charge in [0.05, 0.1) is 0 Å². The number of carbonyl (C=O) groups excluding carboxylic acids is 1. The predicted molar refractivity (Wildman–Crippen MR) is 56.2 cm³/mol. The van der Waals surface area contributed by atoms with Gasteiger partial charge in [-0.1, -0.05) is 0 Å². The second kappa shape index (κ2) is 3.33. The molecule has 3 heteroatoms. The number of carbonyl (C=O) groups is 1. The van der Waals surface area contributed by atoms with E-state index in [2.05, 4.69) is 5.32 Å². The number of rotatable bonds is 2. The number of hydrogen-bond acceptors (Lipinski definition) is 1. The van der Waals surface area contributed by atoms with Gasteiger partial charge in [0.1, 0.15) is 5.82 Å². The standard InChI is InChI=1S/C12H14FNO/c1-8-7-9(13)3-4-10(8)11(15)14-12(2)5-6-12/h3-4,7H,5-6H2,1-2H3,(H,14,15). The minimum atomic E-state index is -0.304. The second-order valence-electron chi connectivity index (χ2n) is 4.47. The highest BCUT2D eigenvalue weighted by atomic mass is 19.1. The summed E-state index contributed by atoms with van der Waals surface area (Å²) in [7, 11) is 0. The summed E-state index contributed by atoms with van der Waals surface area (Å²) in [6.45, 7) is 3.76. The van der Waals surface area contributed by atoms with Crippen LogP contribution in [0.4, 0.5) is 4.39 Å². The molecule has 2 rings (SSSR count). The normalized spacial score (nSPS) is 17.3. The largest absolute Gasteiger partial charge is 0.347 e. The van der Waals surface area contributed by atoms with Crippen molar-refractivity contribution in [1.29, 1.82) is 0 Å². The number of aryl methyl sites for hydroxylation is 1. The van der Waals surface area contributed by atoms with E-state index in [-0.39, 0.29) is 17.3 Å². The second-order valence-corrected chi connectivity index (χ2v) is 4.47. The van der Waals surface area contributed by atoms with Gasteiger partial charge < -0.3 is 5.32 Å². The van der Waals surface area contributed by atoms with Crippen molar-refractivity contribution in [3.63, 3.8) is 0 Å². The molecule has 0 atom stereocenters. The van der Waals surface area contributed by atoms with E-state index in [0.29, 0.717) is 11.1 Å². The van der Waals surface area contributed by atoms with Crippen molar-refractivity contribution >= 4 is 5.91 Å². The van der Waals surface area contributed by atoms with Crippen LogP contribution in [0.15, 0.2) is 18.2 Å². The fourth-order valence-electron chi connectivity index (χ4n) is 1.54. The lowest BCUT2D eigenvalue weighted by molar-refractivity contribution is 0.0935. The number of benzene rings is 1. The molecule has 1 aliphatic rings. The van der Waals surface area contributed by atoms with Crippen LogP contribution in [-0.2, 0) is 0 Å². The molecule has 0 spiro atoms. The van der Waals surface area contributed by atoms with E-state index in [1.165, 1.54) is 18.2 Å². The Balaban J connectivity index is 2.18. The number of amides is 1. The van der Waals surface area contributed by atoms with E-state index >= 15 is 0 Å². The molecule has 1 fully saturated rings. The average molecular weight is 207 g/mol. The van der Waals surface area contributed by atoms with Crippen LogP contribution in [0.3, 0.4) is 0 Å². The van der Waals surface area contributed by atoms with Gasteiger partial charge in [-0.25, -0.2) is 4.39 Å². The first kappa shape index (κ1) is 10.1. The molecule has 0 radical (unpaired) electrons. The molecule has 1 saturated carbocycles. The highest BCUT2D eigenvalue weighted by molar-refractivity contribution is 5.96. The molecule has 0 saturated heterocycles. The summed E-state index contributed by atoms with van der Waals surface area (Å²) < 4.78 is 12.8. The zero-order valence-electron chi connectivity index (χ0n) is 8.93. The smallest absolute Gasteiger partial charge is 0.251 e. The summed E-state index contributed by atoms with van der Waals surface area (Å²) in [6, 6.07) is 4.23. The molecule has 0 heterocycles. The fourth-order valence-corrected chi connectivity index (χ4v) is 1.54. The van der Waals surface area contributed by atoms with Gasteiger partial charge in [0.15, 0.2) is 0 Å². The third kappa shape index (κ3) is 2.17. The average Bonchev–Trinajstić information content (AvgIpc) is 2.82. The molecule has 15 heavy (non-hydrogen) atoms. The molecule has 2 nitrogen and oxygen atoms in total. The van der Waals surface area contributed by atoms with E-state index in [1.807, 2.05) is 6.92 Å². The first-order valence-corrected chi connectivity index (χ1v) is 5.09. The Kier molecular flexibility index (Phi) is 2.25. The summed E-state index contributed by atoms with van der Waals surface area (Å²) in [5.41, 5.74) is 1.21. The Morgan fingerprint density at radius 1 is 1.47 bits per heavy atom. The molecule has 1 aliphatic carbocycles. The Labute approximate surface area is 88.5 Å². The fraction of sp³-hybridized carbons (Fsp3) is 0.417. The molecule has 1 amide bonds. The van der Waals surface area contributed by atoms with Gasteiger partial charge in [-0.05, 0) is 50.5 Å². The van der Waals surface area contributed by atoms with Gasteiger partial charge >= 0.3 is 0 Å². The van der Waals surface area contributed by atoms with Gasteiger partial charge in [0.2, 0.25) is 0 Å². The molecule has 1 N–H and O–H groups in total. The van der Waals surface area contributed by atoms with Crippen LogP contribution in [0.1, 0.15) is 35.7 Å². The molecule has 0 bridgehead atoms. The van der Waals surface area contributed by atoms with Crippen molar-refractivity contribution in [1.82, 2.24) is 5.32 Å². The van der Waals surface area contributed by atoms with Crippen molar-refractivity contribution in [3.05, 3.63) is 35.1 Å². The maximum Gasteiger partial charge on any atom is 0.251 e. The lowest BCUT2D eigenvalue weighted by Crippen LogP contribution is -2.34. The minimum Gasteiger partial charge on any atom is -0.347 e. The number of nitrogens with one attached hydrogen (secondary N) is 1. The van der Waals surface area contributed by atoms with Gasteiger partial charge in [-0.3, -0.25) is 4.79 Å². The topological polar surface area (TPSA) is 29.1 Å². The van der Waals surface area contributed by atoms with E-state index < -0.39 is 0 Å². The zero-order valence-corrected chi connectivity index (χ0v) is 8.93. The van der Waals surface area contributed by atoms with Crippen LogP contribution in [-0.4, -0.2) is 11.4 Å². The molecule has 1 aromatic carbocycles. The first-order chi connectivity index (χ1) is 7.00. The SMILES string of the molecule is Cc1cc(F)ccc1C(=O)NC1(C)CC1. The van der Waals surface area contributed by atoms with E-state index in [9.17, 15) is 9.18 Å². The van der Waals surface area contributed by atoms with Crippen LogP contribution < -0.4 is 5.32 Å². The van der Waals surface area contributed by atoms with Crippen LogP contribution >= 0.6 is 0 Å². The zero-order chi connectivity index (χ0) is 11.1. The van der Waals surface area contributed by atoms with Crippen molar-refractivity contribution in [2.45, 2.75) is 32.2 Å². The summed E-state index contributed by atoms with van der Waals surface area (Å²) in [5.74, 6) is -0.408. The molecular weight excluding hydrogens is 193 g/mol. The first-order valence-electron chi connectivity index (χ1n) is 5.09. The van der Waals surface area contributed by atoms with Crippen molar-refractivity contribution in [3.8, 4) is 0 Å². The maximum absolute atomic E-state index is 12.8. The highest BCUT2D eigenvalue weighted by Gasteiger charge is 2.38. The van der Waals surface area contributed by atoms with E-state index in [0.717, 1.165) is 12.8 Å².